The number of carbonyl (C=O) groups excluding carboxylic acids is 1. The SMILES string of the molecule is N#Cc1ccc(NC(=O)CN2CCC[C@H]2CO)cc1. The zero-order chi connectivity index (χ0) is 13.7. The van der Waals surface area contributed by atoms with Gasteiger partial charge in [0.15, 0.2) is 0 Å². The monoisotopic (exact) mass is 259 g/mol. The summed E-state index contributed by atoms with van der Waals surface area (Å²) in [6.45, 7) is 1.25. The van der Waals surface area contributed by atoms with Crippen LogP contribution < -0.4 is 5.32 Å². The fourth-order valence-corrected chi connectivity index (χ4v) is 2.32. The number of nitriles is 1. The summed E-state index contributed by atoms with van der Waals surface area (Å²) >= 11 is 0. The number of carbonyl (C=O) groups is 1. The van der Waals surface area contributed by atoms with Crippen molar-refractivity contribution in [1.29, 1.82) is 5.26 Å². The molecule has 1 saturated heterocycles. The number of aliphatic hydroxyl groups is 1. The zero-order valence-corrected chi connectivity index (χ0v) is 10.7. The number of rotatable bonds is 4. The molecule has 5 heteroatoms. The predicted octanol–water partition coefficient (Wildman–Crippen LogP) is 0.953. The summed E-state index contributed by atoms with van der Waals surface area (Å²) in [6.07, 6.45) is 1.97. The first-order valence-electron chi connectivity index (χ1n) is 6.38. The second-order valence-corrected chi connectivity index (χ2v) is 4.69. The zero-order valence-electron chi connectivity index (χ0n) is 10.7. The fraction of sp³-hybridized carbons (Fsp3) is 0.429. The largest absolute Gasteiger partial charge is 0.395 e. The van der Waals surface area contributed by atoms with Crippen LogP contribution in [0.2, 0.25) is 0 Å². The highest BCUT2D eigenvalue weighted by Gasteiger charge is 2.25. The van der Waals surface area contributed by atoms with Gasteiger partial charge in [0.25, 0.3) is 0 Å². The van der Waals surface area contributed by atoms with Gasteiger partial charge in [-0.2, -0.15) is 5.26 Å². The Balaban J connectivity index is 1.88. The van der Waals surface area contributed by atoms with Crippen molar-refractivity contribution in [2.75, 3.05) is 25.0 Å². The van der Waals surface area contributed by atoms with Crippen molar-refractivity contribution in [2.45, 2.75) is 18.9 Å². The average molecular weight is 259 g/mol. The molecule has 1 atom stereocenters. The lowest BCUT2D eigenvalue weighted by Gasteiger charge is -2.21. The highest BCUT2D eigenvalue weighted by molar-refractivity contribution is 5.92. The molecule has 1 aromatic rings. The minimum Gasteiger partial charge on any atom is -0.395 e. The van der Waals surface area contributed by atoms with Gasteiger partial charge in [-0.05, 0) is 43.7 Å². The molecule has 0 unspecified atom stereocenters. The summed E-state index contributed by atoms with van der Waals surface area (Å²) in [5.41, 5.74) is 1.25. The smallest absolute Gasteiger partial charge is 0.238 e. The van der Waals surface area contributed by atoms with Gasteiger partial charge in [0.05, 0.1) is 24.8 Å². The molecule has 2 N–H and O–H groups in total. The number of benzene rings is 1. The van der Waals surface area contributed by atoms with Crippen LogP contribution in [0.15, 0.2) is 24.3 Å². The van der Waals surface area contributed by atoms with E-state index in [1.54, 1.807) is 24.3 Å². The average Bonchev–Trinajstić information content (AvgIpc) is 2.86. The lowest BCUT2D eigenvalue weighted by atomic mass is 10.2. The van der Waals surface area contributed by atoms with E-state index in [2.05, 4.69) is 5.32 Å². The second kappa shape index (κ2) is 6.32. The normalized spacial score (nSPS) is 19.1. The Labute approximate surface area is 112 Å². The van der Waals surface area contributed by atoms with Gasteiger partial charge in [-0.25, -0.2) is 0 Å². The molecule has 0 aromatic heterocycles. The van der Waals surface area contributed by atoms with Gasteiger partial charge in [0.2, 0.25) is 5.91 Å². The Kier molecular flexibility index (Phi) is 4.50. The standard InChI is InChI=1S/C14H17N3O2/c15-8-11-3-5-12(6-4-11)16-14(19)9-17-7-1-2-13(17)10-18/h3-6,13,18H,1-2,7,9-10H2,(H,16,19)/t13-/m0/s1. The van der Waals surface area contributed by atoms with Gasteiger partial charge in [-0.3, -0.25) is 9.69 Å². The molecule has 1 aromatic carbocycles. The minimum atomic E-state index is -0.0925. The second-order valence-electron chi connectivity index (χ2n) is 4.69. The van der Waals surface area contributed by atoms with Crippen LogP contribution >= 0.6 is 0 Å². The molecule has 0 bridgehead atoms. The summed E-state index contributed by atoms with van der Waals surface area (Å²) in [5.74, 6) is -0.0925. The number of hydrogen-bond acceptors (Lipinski definition) is 4. The van der Waals surface area contributed by atoms with Crippen molar-refractivity contribution >= 4 is 11.6 Å². The maximum atomic E-state index is 11.9. The van der Waals surface area contributed by atoms with Crippen LogP contribution in [0, 0.1) is 11.3 Å². The van der Waals surface area contributed by atoms with E-state index in [1.165, 1.54) is 0 Å². The summed E-state index contributed by atoms with van der Waals surface area (Å²) in [7, 11) is 0. The van der Waals surface area contributed by atoms with Gasteiger partial charge in [-0.15, -0.1) is 0 Å². The number of hydrogen-bond donors (Lipinski definition) is 2. The molecule has 1 amide bonds. The van der Waals surface area contributed by atoms with Gasteiger partial charge < -0.3 is 10.4 Å². The Bertz CT molecular complexity index is 478. The molecule has 5 nitrogen and oxygen atoms in total. The van der Waals surface area contributed by atoms with E-state index in [4.69, 9.17) is 5.26 Å². The van der Waals surface area contributed by atoms with E-state index in [9.17, 15) is 9.90 Å². The van der Waals surface area contributed by atoms with Crippen molar-refractivity contribution in [1.82, 2.24) is 4.90 Å². The Morgan fingerprint density at radius 3 is 2.84 bits per heavy atom. The first-order chi connectivity index (χ1) is 9.22. The summed E-state index contributed by atoms with van der Waals surface area (Å²) in [4.78, 5) is 13.9. The van der Waals surface area contributed by atoms with Crippen LogP contribution in [0.5, 0.6) is 0 Å². The van der Waals surface area contributed by atoms with Gasteiger partial charge >= 0.3 is 0 Å². The number of nitrogens with zero attached hydrogens (tertiary/aromatic N) is 2. The molecular weight excluding hydrogens is 242 g/mol. The molecule has 19 heavy (non-hydrogen) atoms. The number of anilines is 1. The first-order valence-corrected chi connectivity index (χ1v) is 6.38. The maximum absolute atomic E-state index is 11.9. The number of nitrogens with one attached hydrogen (secondary N) is 1. The van der Waals surface area contributed by atoms with E-state index >= 15 is 0 Å². The van der Waals surface area contributed by atoms with Crippen LogP contribution in [0.3, 0.4) is 0 Å². The minimum absolute atomic E-state index is 0.0925. The number of amides is 1. The van der Waals surface area contributed by atoms with Gasteiger partial charge in [0.1, 0.15) is 0 Å². The van der Waals surface area contributed by atoms with Crippen LogP contribution in [0.1, 0.15) is 18.4 Å². The highest BCUT2D eigenvalue weighted by Crippen LogP contribution is 2.16. The first kappa shape index (κ1) is 13.5. The summed E-state index contributed by atoms with van der Waals surface area (Å²) in [5, 5.41) is 20.7. The molecule has 100 valence electrons. The van der Waals surface area contributed by atoms with Crippen LogP contribution in [-0.2, 0) is 4.79 Å². The number of aliphatic hydroxyl groups excluding tert-OH is 1. The quantitative estimate of drug-likeness (QED) is 0.844. The van der Waals surface area contributed by atoms with Crippen LogP contribution in [-0.4, -0.2) is 41.7 Å². The molecule has 0 aliphatic carbocycles. The third-order valence-corrected chi connectivity index (χ3v) is 3.35. The molecular formula is C14H17N3O2. The lowest BCUT2D eigenvalue weighted by Crippen LogP contribution is -2.38. The van der Waals surface area contributed by atoms with Gasteiger partial charge in [0, 0.05) is 11.7 Å². The lowest BCUT2D eigenvalue weighted by molar-refractivity contribution is -0.117. The third-order valence-electron chi connectivity index (χ3n) is 3.35. The molecule has 0 saturated carbocycles. The van der Waals surface area contributed by atoms with Gasteiger partial charge in [-0.1, -0.05) is 0 Å². The van der Waals surface area contributed by atoms with E-state index in [1.807, 2.05) is 11.0 Å². The molecule has 1 fully saturated rings. The van der Waals surface area contributed by atoms with E-state index in [0.717, 1.165) is 19.4 Å². The highest BCUT2D eigenvalue weighted by atomic mass is 16.3. The third kappa shape index (κ3) is 3.53. The number of likely N-dealkylation sites (tertiary alicyclic amines) is 1. The van der Waals surface area contributed by atoms with E-state index < -0.39 is 0 Å². The molecule has 2 rings (SSSR count). The Hall–Kier alpha value is -1.90. The fourth-order valence-electron chi connectivity index (χ4n) is 2.32. The van der Waals surface area contributed by atoms with E-state index in [0.29, 0.717) is 17.8 Å². The molecule has 0 spiro atoms. The van der Waals surface area contributed by atoms with Crippen LogP contribution in [0.25, 0.3) is 0 Å². The van der Waals surface area contributed by atoms with Crippen molar-refractivity contribution in [3.63, 3.8) is 0 Å². The molecule has 0 radical (unpaired) electrons. The van der Waals surface area contributed by atoms with E-state index in [-0.39, 0.29) is 18.6 Å². The molecule has 1 heterocycles. The van der Waals surface area contributed by atoms with Crippen molar-refractivity contribution in [2.24, 2.45) is 0 Å². The van der Waals surface area contributed by atoms with Crippen LogP contribution in [0.4, 0.5) is 5.69 Å². The predicted molar refractivity (Wildman–Crippen MR) is 71.5 cm³/mol. The summed E-state index contributed by atoms with van der Waals surface area (Å²) in [6, 6.07) is 8.90. The molecule has 1 aliphatic heterocycles. The van der Waals surface area contributed by atoms with Crippen molar-refractivity contribution in [3.05, 3.63) is 29.8 Å². The summed E-state index contributed by atoms with van der Waals surface area (Å²) < 4.78 is 0. The Morgan fingerprint density at radius 1 is 1.47 bits per heavy atom. The van der Waals surface area contributed by atoms with Crippen molar-refractivity contribution in [3.8, 4) is 6.07 Å². The molecule has 1 aliphatic rings. The maximum Gasteiger partial charge on any atom is 0.238 e. The topological polar surface area (TPSA) is 76.4 Å². The van der Waals surface area contributed by atoms with Crippen molar-refractivity contribution < 1.29 is 9.90 Å². The Morgan fingerprint density at radius 2 is 2.21 bits per heavy atom.